The molecule has 0 aliphatic heterocycles. The molecule has 0 saturated carbocycles. The molecule has 3 N–H and O–H groups in total. The van der Waals surface area contributed by atoms with Crippen molar-refractivity contribution in [3.8, 4) is 0 Å². The van der Waals surface area contributed by atoms with Crippen molar-refractivity contribution in [2.45, 2.75) is 0 Å². The Balaban J connectivity index is 2.32. The summed E-state index contributed by atoms with van der Waals surface area (Å²) in [6, 6.07) is 7.74. The largest absolute Gasteiger partial charge is 0.389 e. The monoisotopic (exact) mass is 280 g/mol. The lowest BCUT2D eigenvalue weighted by Gasteiger charge is -2.10. The molecule has 0 unspecified atom stereocenters. The predicted octanol–water partition coefficient (Wildman–Crippen LogP) is 2.77. The van der Waals surface area contributed by atoms with E-state index in [1.54, 1.807) is 23.6 Å². The van der Waals surface area contributed by atoms with Crippen LogP contribution >= 0.6 is 23.6 Å². The zero-order valence-corrected chi connectivity index (χ0v) is 10.8. The first kappa shape index (κ1) is 12.7. The lowest BCUT2D eigenvalue weighted by atomic mass is 10.1. The van der Waals surface area contributed by atoms with Gasteiger partial charge in [-0.1, -0.05) is 24.4 Å². The van der Waals surface area contributed by atoms with Crippen molar-refractivity contribution in [1.82, 2.24) is 0 Å². The smallest absolute Gasteiger partial charge is 0.265 e. The topological polar surface area (TPSA) is 55.1 Å². The zero-order chi connectivity index (χ0) is 13.1. The van der Waals surface area contributed by atoms with E-state index in [1.165, 1.54) is 23.5 Å². The van der Waals surface area contributed by atoms with Gasteiger partial charge in [-0.15, -0.1) is 11.3 Å². The molecule has 1 amide bonds. The van der Waals surface area contributed by atoms with Crippen LogP contribution < -0.4 is 11.1 Å². The number of thiophene rings is 1. The summed E-state index contributed by atoms with van der Waals surface area (Å²) >= 11 is 6.08. The fraction of sp³-hybridized carbons (Fsp3) is 0. The minimum absolute atomic E-state index is 0.0532. The van der Waals surface area contributed by atoms with Crippen LogP contribution in [0.1, 0.15) is 15.2 Å². The first-order chi connectivity index (χ1) is 8.59. The van der Waals surface area contributed by atoms with E-state index in [0.717, 1.165) is 0 Å². The van der Waals surface area contributed by atoms with Gasteiger partial charge in [-0.3, -0.25) is 4.79 Å². The van der Waals surface area contributed by atoms with Gasteiger partial charge < -0.3 is 11.1 Å². The fourth-order valence-corrected chi connectivity index (χ4v) is 2.30. The van der Waals surface area contributed by atoms with Crippen molar-refractivity contribution in [3.05, 3.63) is 52.0 Å². The van der Waals surface area contributed by atoms with Gasteiger partial charge in [-0.2, -0.15) is 0 Å². The van der Waals surface area contributed by atoms with Gasteiger partial charge in [0, 0.05) is 0 Å². The van der Waals surface area contributed by atoms with Crippen LogP contribution in [0.4, 0.5) is 10.1 Å². The summed E-state index contributed by atoms with van der Waals surface area (Å²) in [6.07, 6.45) is 0. The molecule has 0 radical (unpaired) electrons. The molecule has 1 heterocycles. The Kier molecular flexibility index (Phi) is 3.69. The van der Waals surface area contributed by atoms with Gasteiger partial charge in [-0.05, 0) is 23.6 Å². The second-order valence-corrected chi connectivity index (χ2v) is 4.85. The van der Waals surface area contributed by atoms with E-state index in [0.29, 0.717) is 4.88 Å². The van der Waals surface area contributed by atoms with Crippen LogP contribution in [0.3, 0.4) is 0 Å². The van der Waals surface area contributed by atoms with Crippen LogP contribution in [0.5, 0.6) is 0 Å². The number of nitrogens with two attached hydrogens (primary N) is 1. The number of benzene rings is 1. The zero-order valence-electron chi connectivity index (χ0n) is 9.14. The summed E-state index contributed by atoms with van der Waals surface area (Å²) in [5.41, 5.74) is 5.78. The number of hydrogen-bond donors (Lipinski definition) is 2. The van der Waals surface area contributed by atoms with E-state index in [4.69, 9.17) is 18.0 Å². The molecule has 6 heteroatoms. The van der Waals surface area contributed by atoms with E-state index in [9.17, 15) is 9.18 Å². The maximum absolute atomic E-state index is 13.6. The van der Waals surface area contributed by atoms with Crippen LogP contribution in [-0.2, 0) is 0 Å². The summed E-state index contributed by atoms with van der Waals surface area (Å²) in [6.45, 7) is 0. The molecule has 18 heavy (non-hydrogen) atoms. The molecule has 0 aliphatic carbocycles. The molecule has 2 rings (SSSR count). The van der Waals surface area contributed by atoms with Gasteiger partial charge >= 0.3 is 0 Å². The SMILES string of the molecule is NC(=S)c1c(F)cccc1NC(=O)c1cccs1. The summed E-state index contributed by atoms with van der Waals surface area (Å²) in [5.74, 6) is -0.862. The molecule has 1 aromatic carbocycles. The van der Waals surface area contributed by atoms with Crippen LogP contribution in [0, 0.1) is 5.82 Å². The molecule has 0 bridgehead atoms. The van der Waals surface area contributed by atoms with Gasteiger partial charge in [0.2, 0.25) is 0 Å². The molecule has 0 atom stereocenters. The highest BCUT2D eigenvalue weighted by molar-refractivity contribution is 7.80. The lowest BCUT2D eigenvalue weighted by molar-refractivity contribution is 0.103. The number of thiocarbonyl (C=S) groups is 1. The lowest BCUT2D eigenvalue weighted by Crippen LogP contribution is -2.18. The Labute approximate surface area is 112 Å². The second kappa shape index (κ2) is 5.24. The average Bonchev–Trinajstić information content (AvgIpc) is 2.81. The number of carbonyl (C=O) groups excluding carboxylic acids is 1. The number of carbonyl (C=O) groups is 1. The molecular weight excluding hydrogens is 271 g/mol. The molecule has 0 fully saturated rings. The number of nitrogens with one attached hydrogen (secondary N) is 1. The van der Waals surface area contributed by atoms with Crippen LogP contribution in [-0.4, -0.2) is 10.9 Å². The van der Waals surface area contributed by atoms with Crippen LogP contribution in [0.2, 0.25) is 0 Å². The Morgan fingerprint density at radius 2 is 2.11 bits per heavy atom. The summed E-state index contributed by atoms with van der Waals surface area (Å²) in [5, 5.41) is 4.39. The van der Waals surface area contributed by atoms with E-state index in [2.05, 4.69) is 5.32 Å². The molecule has 0 saturated heterocycles. The molecule has 1 aromatic heterocycles. The van der Waals surface area contributed by atoms with E-state index >= 15 is 0 Å². The fourth-order valence-electron chi connectivity index (χ4n) is 1.47. The molecule has 2 aromatic rings. The number of anilines is 1. The highest BCUT2D eigenvalue weighted by atomic mass is 32.1. The average molecular weight is 280 g/mol. The maximum atomic E-state index is 13.6. The third-order valence-electron chi connectivity index (χ3n) is 2.25. The molecular formula is C12H9FN2OS2. The number of rotatable bonds is 3. The first-order valence-electron chi connectivity index (χ1n) is 5.03. The van der Waals surface area contributed by atoms with Crippen molar-refractivity contribution in [2.75, 3.05) is 5.32 Å². The standard InChI is InChI=1S/C12H9FN2OS2/c13-7-3-1-4-8(10(7)11(14)17)15-12(16)9-5-2-6-18-9/h1-6H,(H2,14,17)(H,15,16). The summed E-state index contributed by atoms with van der Waals surface area (Å²) < 4.78 is 13.6. The second-order valence-electron chi connectivity index (χ2n) is 3.46. The Bertz CT molecular complexity index is 596. The Morgan fingerprint density at radius 1 is 1.33 bits per heavy atom. The predicted molar refractivity (Wildman–Crippen MR) is 74.6 cm³/mol. The Hall–Kier alpha value is -1.79. The first-order valence-corrected chi connectivity index (χ1v) is 6.31. The third kappa shape index (κ3) is 2.55. The molecule has 0 spiro atoms. The van der Waals surface area contributed by atoms with E-state index in [-0.39, 0.29) is 22.1 Å². The summed E-state index contributed by atoms with van der Waals surface area (Å²) in [7, 11) is 0. The van der Waals surface area contributed by atoms with E-state index < -0.39 is 5.82 Å². The number of hydrogen-bond acceptors (Lipinski definition) is 3. The molecule has 92 valence electrons. The molecule has 0 aliphatic rings. The maximum Gasteiger partial charge on any atom is 0.265 e. The normalized spacial score (nSPS) is 10.1. The highest BCUT2D eigenvalue weighted by Gasteiger charge is 2.14. The van der Waals surface area contributed by atoms with Gasteiger partial charge in [0.05, 0.1) is 16.1 Å². The summed E-state index contributed by atoms with van der Waals surface area (Å²) in [4.78, 5) is 12.3. The highest BCUT2D eigenvalue weighted by Crippen LogP contribution is 2.20. The van der Waals surface area contributed by atoms with Gasteiger partial charge in [0.15, 0.2) is 0 Å². The minimum atomic E-state index is -0.550. The Morgan fingerprint density at radius 3 is 2.72 bits per heavy atom. The quantitative estimate of drug-likeness (QED) is 0.850. The van der Waals surface area contributed by atoms with Crippen molar-refractivity contribution in [1.29, 1.82) is 0 Å². The molecule has 3 nitrogen and oxygen atoms in total. The van der Waals surface area contributed by atoms with Gasteiger partial charge in [0.1, 0.15) is 10.8 Å². The number of halogens is 1. The van der Waals surface area contributed by atoms with Crippen molar-refractivity contribution < 1.29 is 9.18 Å². The minimum Gasteiger partial charge on any atom is -0.389 e. The van der Waals surface area contributed by atoms with E-state index in [1.807, 2.05) is 0 Å². The van der Waals surface area contributed by atoms with Crippen molar-refractivity contribution >= 4 is 40.1 Å². The van der Waals surface area contributed by atoms with Gasteiger partial charge in [0.25, 0.3) is 5.91 Å². The van der Waals surface area contributed by atoms with Gasteiger partial charge in [-0.25, -0.2) is 4.39 Å². The van der Waals surface area contributed by atoms with Crippen molar-refractivity contribution in [3.63, 3.8) is 0 Å². The number of amides is 1. The van der Waals surface area contributed by atoms with Crippen LogP contribution in [0.15, 0.2) is 35.7 Å². The van der Waals surface area contributed by atoms with Crippen LogP contribution in [0.25, 0.3) is 0 Å². The van der Waals surface area contributed by atoms with Crippen molar-refractivity contribution in [2.24, 2.45) is 5.73 Å². The third-order valence-corrected chi connectivity index (χ3v) is 3.33.